The van der Waals surface area contributed by atoms with Gasteiger partial charge in [0.15, 0.2) is 0 Å². The van der Waals surface area contributed by atoms with E-state index in [0.29, 0.717) is 24.4 Å². The molecule has 2 unspecified atom stereocenters. The first-order valence-corrected chi connectivity index (χ1v) is 8.38. The van der Waals surface area contributed by atoms with Gasteiger partial charge < -0.3 is 5.32 Å². The number of hydrogen-bond acceptors (Lipinski definition) is 4. The van der Waals surface area contributed by atoms with E-state index in [1.807, 2.05) is 23.9 Å². The van der Waals surface area contributed by atoms with Gasteiger partial charge in [-0.3, -0.25) is 14.7 Å². The molecule has 1 heterocycles. The number of amides is 1. The highest BCUT2D eigenvalue weighted by molar-refractivity contribution is 7.99. The molecule has 110 valence electrons. The van der Waals surface area contributed by atoms with E-state index in [2.05, 4.69) is 28.5 Å². The predicted molar refractivity (Wildman–Crippen MR) is 83.7 cm³/mol. The van der Waals surface area contributed by atoms with Gasteiger partial charge >= 0.3 is 0 Å². The molecule has 20 heavy (non-hydrogen) atoms. The Hall–Kier alpha value is -1.07. The van der Waals surface area contributed by atoms with E-state index in [1.165, 1.54) is 19.3 Å². The average molecular weight is 293 g/mol. The molecule has 1 amide bonds. The lowest BCUT2D eigenvalue weighted by atomic mass is 10.2. The van der Waals surface area contributed by atoms with E-state index in [9.17, 15) is 4.79 Å². The molecule has 0 spiro atoms. The Bertz CT molecular complexity index is 426. The second kappa shape index (κ2) is 7.64. The lowest BCUT2D eigenvalue weighted by Gasteiger charge is -2.28. The molecule has 1 aromatic rings. The SMILES string of the molecule is CSC1CCCC1N(C)CC(=O)NCc1cccnc1. The van der Waals surface area contributed by atoms with E-state index in [0.717, 1.165) is 5.56 Å². The molecule has 1 saturated carbocycles. The Labute approximate surface area is 125 Å². The predicted octanol–water partition coefficient (Wildman–Crippen LogP) is 1.91. The fraction of sp³-hybridized carbons (Fsp3) is 0.600. The lowest BCUT2D eigenvalue weighted by Crippen LogP contribution is -2.42. The third-order valence-electron chi connectivity index (χ3n) is 3.89. The Morgan fingerprint density at radius 3 is 3.10 bits per heavy atom. The minimum atomic E-state index is 0.0862. The lowest BCUT2D eigenvalue weighted by molar-refractivity contribution is -0.122. The second-order valence-electron chi connectivity index (χ2n) is 5.33. The zero-order valence-corrected chi connectivity index (χ0v) is 13.0. The first-order chi connectivity index (χ1) is 9.70. The van der Waals surface area contributed by atoms with Crippen molar-refractivity contribution in [1.29, 1.82) is 0 Å². The Morgan fingerprint density at radius 1 is 1.55 bits per heavy atom. The topological polar surface area (TPSA) is 45.2 Å². The molecule has 1 N–H and O–H groups in total. The van der Waals surface area contributed by atoms with Crippen LogP contribution in [-0.2, 0) is 11.3 Å². The second-order valence-corrected chi connectivity index (χ2v) is 6.40. The number of carbonyl (C=O) groups excluding carboxylic acids is 1. The van der Waals surface area contributed by atoms with Crippen molar-refractivity contribution in [2.75, 3.05) is 19.8 Å². The smallest absolute Gasteiger partial charge is 0.234 e. The Kier molecular flexibility index (Phi) is 5.86. The highest BCUT2D eigenvalue weighted by Crippen LogP contribution is 2.31. The van der Waals surface area contributed by atoms with Gasteiger partial charge in [0, 0.05) is 30.2 Å². The Morgan fingerprint density at radius 2 is 2.40 bits per heavy atom. The minimum Gasteiger partial charge on any atom is -0.351 e. The van der Waals surface area contributed by atoms with Crippen molar-refractivity contribution >= 4 is 17.7 Å². The van der Waals surface area contributed by atoms with Crippen LogP contribution >= 0.6 is 11.8 Å². The summed E-state index contributed by atoms with van der Waals surface area (Å²) in [6.45, 7) is 1.03. The summed E-state index contributed by atoms with van der Waals surface area (Å²) in [7, 11) is 2.06. The molecule has 0 aliphatic heterocycles. The van der Waals surface area contributed by atoms with E-state index < -0.39 is 0 Å². The van der Waals surface area contributed by atoms with Crippen LogP contribution in [0.3, 0.4) is 0 Å². The van der Waals surface area contributed by atoms with Gasteiger partial charge in [0.2, 0.25) is 5.91 Å². The fourth-order valence-corrected chi connectivity index (χ4v) is 3.85. The van der Waals surface area contributed by atoms with Gasteiger partial charge in [0.25, 0.3) is 0 Å². The zero-order valence-electron chi connectivity index (χ0n) is 12.2. The summed E-state index contributed by atoms with van der Waals surface area (Å²) in [6.07, 6.45) is 9.44. The molecule has 0 saturated heterocycles. The number of carbonyl (C=O) groups is 1. The maximum atomic E-state index is 12.0. The van der Waals surface area contributed by atoms with Crippen LogP contribution < -0.4 is 5.32 Å². The van der Waals surface area contributed by atoms with Crippen molar-refractivity contribution in [3.63, 3.8) is 0 Å². The van der Waals surface area contributed by atoms with Crippen molar-refractivity contribution in [1.82, 2.24) is 15.2 Å². The molecule has 1 aromatic heterocycles. The van der Waals surface area contributed by atoms with Gasteiger partial charge in [0.05, 0.1) is 6.54 Å². The summed E-state index contributed by atoms with van der Waals surface area (Å²) < 4.78 is 0. The number of nitrogens with zero attached hydrogens (tertiary/aromatic N) is 2. The van der Waals surface area contributed by atoms with E-state index in [-0.39, 0.29) is 5.91 Å². The molecular weight excluding hydrogens is 270 g/mol. The number of hydrogen-bond donors (Lipinski definition) is 1. The fourth-order valence-electron chi connectivity index (χ4n) is 2.79. The van der Waals surface area contributed by atoms with Crippen molar-refractivity contribution in [2.45, 2.75) is 37.1 Å². The van der Waals surface area contributed by atoms with Crippen LogP contribution in [0.5, 0.6) is 0 Å². The largest absolute Gasteiger partial charge is 0.351 e. The highest BCUT2D eigenvalue weighted by atomic mass is 32.2. The van der Waals surface area contributed by atoms with Gasteiger partial charge in [-0.05, 0) is 37.8 Å². The monoisotopic (exact) mass is 293 g/mol. The van der Waals surface area contributed by atoms with Crippen molar-refractivity contribution < 1.29 is 4.79 Å². The Balaban J connectivity index is 1.76. The van der Waals surface area contributed by atoms with Gasteiger partial charge in [-0.1, -0.05) is 12.5 Å². The molecule has 1 aliphatic rings. The number of nitrogens with one attached hydrogen (secondary N) is 1. The molecule has 4 nitrogen and oxygen atoms in total. The summed E-state index contributed by atoms with van der Waals surface area (Å²) in [5.74, 6) is 0.0862. The molecule has 0 aromatic carbocycles. The number of thioether (sulfide) groups is 1. The third kappa shape index (κ3) is 4.21. The number of rotatable bonds is 6. The molecule has 0 bridgehead atoms. The van der Waals surface area contributed by atoms with Crippen molar-refractivity contribution in [3.8, 4) is 0 Å². The molecule has 1 fully saturated rings. The van der Waals surface area contributed by atoms with Crippen LogP contribution in [0, 0.1) is 0 Å². The first kappa shape index (κ1) is 15.3. The average Bonchev–Trinajstić information content (AvgIpc) is 2.95. The maximum absolute atomic E-state index is 12.0. The third-order valence-corrected chi connectivity index (χ3v) is 5.05. The van der Waals surface area contributed by atoms with Crippen LogP contribution in [0.2, 0.25) is 0 Å². The molecule has 0 radical (unpaired) electrons. The summed E-state index contributed by atoms with van der Waals surface area (Å²) in [5.41, 5.74) is 1.03. The van der Waals surface area contributed by atoms with Crippen molar-refractivity contribution in [3.05, 3.63) is 30.1 Å². The number of aromatic nitrogens is 1. The van der Waals surface area contributed by atoms with Crippen LogP contribution in [0.15, 0.2) is 24.5 Å². The summed E-state index contributed by atoms with van der Waals surface area (Å²) >= 11 is 1.92. The van der Waals surface area contributed by atoms with Gasteiger partial charge in [-0.2, -0.15) is 11.8 Å². The molecule has 1 aliphatic carbocycles. The standard InChI is InChI=1S/C15H23N3OS/c1-18(13-6-3-7-14(13)20-2)11-15(19)17-10-12-5-4-8-16-9-12/h4-5,8-9,13-14H,3,6-7,10-11H2,1-2H3,(H,17,19). The van der Waals surface area contributed by atoms with E-state index >= 15 is 0 Å². The zero-order chi connectivity index (χ0) is 14.4. The molecule has 2 rings (SSSR count). The molecule has 2 atom stereocenters. The van der Waals surface area contributed by atoms with Crippen LogP contribution in [0.1, 0.15) is 24.8 Å². The summed E-state index contributed by atoms with van der Waals surface area (Å²) in [5, 5.41) is 3.63. The number of pyridine rings is 1. The normalized spacial score (nSPS) is 22.1. The molecule has 5 heteroatoms. The maximum Gasteiger partial charge on any atom is 0.234 e. The summed E-state index contributed by atoms with van der Waals surface area (Å²) in [6, 6.07) is 4.39. The minimum absolute atomic E-state index is 0.0862. The van der Waals surface area contributed by atoms with E-state index in [1.54, 1.807) is 12.4 Å². The van der Waals surface area contributed by atoms with Gasteiger partial charge in [-0.15, -0.1) is 0 Å². The van der Waals surface area contributed by atoms with E-state index in [4.69, 9.17) is 0 Å². The quantitative estimate of drug-likeness (QED) is 0.870. The molecular formula is C15H23N3OS. The van der Waals surface area contributed by atoms with Crippen LogP contribution in [0.25, 0.3) is 0 Å². The first-order valence-electron chi connectivity index (χ1n) is 7.09. The highest BCUT2D eigenvalue weighted by Gasteiger charge is 2.30. The number of likely N-dealkylation sites (N-methyl/N-ethyl adjacent to an activating group) is 1. The van der Waals surface area contributed by atoms with Crippen LogP contribution in [-0.4, -0.2) is 46.9 Å². The van der Waals surface area contributed by atoms with Gasteiger partial charge in [0.1, 0.15) is 0 Å². The van der Waals surface area contributed by atoms with Crippen molar-refractivity contribution in [2.24, 2.45) is 0 Å². The van der Waals surface area contributed by atoms with Gasteiger partial charge in [-0.25, -0.2) is 0 Å². The van der Waals surface area contributed by atoms with Crippen LogP contribution in [0.4, 0.5) is 0 Å². The summed E-state index contributed by atoms with van der Waals surface area (Å²) in [4.78, 5) is 18.2.